The number of pyridine rings is 2. The van der Waals surface area contributed by atoms with Gasteiger partial charge in [-0.3, -0.25) is 14.3 Å². The van der Waals surface area contributed by atoms with Crippen molar-refractivity contribution in [3.8, 4) is 11.3 Å². The predicted octanol–water partition coefficient (Wildman–Crippen LogP) is 3.52. The SMILES string of the molecule is Cn1cc(-c2ccc3cnc(NC(=O)C4CCN(C(=O)c5ccccc5)CC4)cc3n2)cn1. The molecule has 3 aromatic heterocycles. The fraction of sp³-hybridized carbons (Fsp3) is 0.240. The van der Waals surface area contributed by atoms with Gasteiger partial charge in [-0.05, 0) is 37.1 Å². The lowest BCUT2D eigenvalue weighted by Crippen LogP contribution is -2.41. The molecule has 4 heterocycles. The van der Waals surface area contributed by atoms with Crippen molar-refractivity contribution >= 4 is 28.5 Å². The number of likely N-dealkylation sites (tertiary alicyclic amines) is 1. The molecule has 1 aliphatic rings. The minimum atomic E-state index is -0.156. The molecule has 0 saturated carbocycles. The van der Waals surface area contributed by atoms with E-state index in [1.165, 1.54) is 0 Å². The number of fused-ring (bicyclic) bond motifs is 1. The van der Waals surface area contributed by atoms with Crippen LogP contribution in [0.1, 0.15) is 23.2 Å². The second-order valence-corrected chi connectivity index (χ2v) is 8.28. The van der Waals surface area contributed by atoms with Crippen LogP contribution in [-0.4, -0.2) is 49.6 Å². The van der Waals surface area contributed by atoms with E-state index in [1.54, 1.807) is 23.1 Å². The molecule has 5 rings (SSSR count). The monoisotopic (exact) mass is 440 g/mol. The number of nitrogens with one attached hydrogen (secondary N) is 1. The molecule has 8 nitrogen and oxygen atoms in total. The number of rotatable bonds is 4. The summed E-state index contributed by atoms with van der Waals surface area (Å²) in [5, 5.41) is 8.03. The Balaban J connectivity index is 1.24. The Kier molecular flexibility index (Phi) is 5.56. The minimum absolute atomic E-state index is 0.0150. The lowest BCUT2D eigenvalue weighted by molar-refractivity contribution is -0.121. The van der Waals surface area contributed by atoms with Crippen LogP contribution in [0.4, 0.5) is 5.82 Å². The van der Waals surface area contributed by atoms with Crippen molar-refractivity contribution < 1.29 is 9.59 Å². The molecular weight excluding hydrogens is 416 g/mol. The average Bonchev–Trinajstić information content (AvgIpc) is 3.30. The normalized spacial score (nSPS) is 14.4. The first-order chi connectivity index (χ1) is 16.1. The quantitative estimate of drug-likeness (QED) is 0.524. The van der Waals surface area contributed by atoms with Crippen molar-refractivity contribution in [1.29, 1.82) is 0 Å². The number of nitrogens with zero attached hydrogens (tertiary/aromatic N) is 5. The number of carbonyl (C=O) groups is 2. The van der Waals surface area contributed by atoms with E-state index in [0.717, 1.165) is 22.2 Å². The lowest BCUT2D eigenvalue weighted by atomic mass is 9.95. The molecule has 8 heteroatoms. The second kappa shape index (κ2) is 8.82. The minimum Gasteiger partial charge on any atom is -0.339 e. The van der Waals surface area contributed by atoms with Crippen LogP contribution < -0.4 is 5.32 Å². The summed E-state index contributed by atoms with van der Waals surface area (Å²) in [5.74, 6) is 0.265. The summed E-state index contributed by atoms with van der Waals surface area (Å²) in [6.45, 7) is 1.12. The Morgan fingerprint density at radius 1 is 1.03 bits per heavy atom. The molecule has 0 spiro atoms. The molecule has 0 bridgehead atoms. The van der Waals surface area contributed by atoms with Crippen LogP contribution in [0.2, 0.25) is 0 Å². The molecule has 0 radical (unpaired) electrons. The number of aromatic nitrogens is 4. The van der Waals surface area contributed by atoms with E-state index in [0.29, 0.717) is 37.3 Å². The van der Waals surface area contributed by atoms with Crippen molar-refractivity contribution in [3.63, 3.8) is 0 Å². The van der Waals surface area contributed by atoms with Gasteiger partial charge in [-0.1, -0.05) is 18.2 Å². The molecule has 0 unspecified atom stereocenters. The number of piperidine rings is 1. The first kappa shape index (κ1) is 20.8. The number of anilines is 1. The van der Waals surface area contributed by atoms with E-state index in [4.69, 9.17) is 4.98 Å². The third-order valence-corrected chi connectivity index (χ3v) is 6.00. The van der Waals surface area contributed by atoms with Crippen molar-refractivity contribution in [2.75, 3.05) is 18.4 Å². The third kappa shape index (κ3) is 4.45. The molecule has 1 N–H and O–H groups in total. The maximum atomic E-state index is 12.9. The van der Waals surface area contributed by atoms with Crippen LogP contribution in [0.15, 0.2) is 67.1 Å². The van der Waals surface area contributed by atoms with Gasteiger partial charge in [0.15, 0.2) is 0 Å². The number of aryl methyl sites for hydroxylation is 1. The fourth-order valence-corrected chi connectivity index (χ4v) is 4.14. The van der Waals surface area contributed by atoms with Crippen LogP contribution in [-0.2, 0) is 11.8 Å². The van der Waals surface area contributed by atoms with E-state index in [2.05, 4.69) is 15.4 Å². The van der Waals surface area contributed by atoms with E-state index in [-0.39, 0.29) is 17.7 Å². The Hall–Kier alpha value is -4.07. The maximum Gasteiger partial charge on any atom is 0.253 e. The molecule has 1 aliphatic heterocycles. The smallest absolute Gasteiger partial charge is 0.253 e. The Labute approximate surface area is 191 Å². The van der Waals surface area contributed by atoms with Crippen molar-refractivity contribution in [1.82, 2.24) is 24.6 Å². The molecule has 2 amide bonds. The van der Waals surface area contributed by atoms with Gasteiger partial charge in [-0.15, -0.1) is 0 Å². The van der Waals surface area contributed by atoms with Gasteiger partial charge in [-0.25, -0.2) is 9.97 Å². The van der Waals surface area contributed by atoms with Crippen LogP contribution >= 0.6 is 0 Å². The summed E-state index contributed by atoms with van der Waals surface area (Å²) in [6, 6.07) is 14.9. The largest absolute Gasteiger partial charge is 0.339 e. The summed E-state index contributed by atoms with van der Waals surface area (Å²) < 4.78 is 1.73. The van der Waals surface area contributed by atoms with E-state index >= 15 is 0 Å². The molecule has 1 saturated heterocycles. The molecule has 0 aliphatic carbocycles. The van der Waals surface area contributed by atoms with Gasteiger partial charge in [0, 0.05) is 61.0 Å². The van der Waals surface area contributed by atoms with Gasteiger partial charge >= 0.3 is 0 Å². The highest BCUT2D eigenvalue weighted by molar-refractivity contribution is 5.95. The van der Waals surface area contributed by atoms with Crippen molar-refractivity contribution in [2.45, 2.75) is 12.8 Å². The molecule has 33 heavy (non-hydrogen) atoms. The number of amides is 2. The van der Waals surface area contributed by atoms with Crippen LogP contribution in [0, 0.1) is 5.92 Å². The highest BCUT2D eigenvalue weighted by Gasteiger charge is 2.28. The van der Waals surface area contributed by atoms with Crippen molar-refractivity contribution in [2.24, 2.45) is 13.0 Å². The molecule has 4 aromatic rings. The summed E-state index contributed by atoms with van der Waals surface area (Å²) in [4.78, 5) is 36.4. The predicted molar refractivity (Wildman–Crippen MR) is 125 cm³/mol. The molecular formula is C25H24N6O2. The highest BCUT2D eigenvalue weighted by Crippen LogP contribution is 2.24. The topological polar surface area (TPSA) is 93.0 Å². The number of carbonyl (C=O) groups excluding carboxylic acids is 2. The molecule has 1 fully saturated rings. The first-order valence-electron chi connectivity index (χ1n) is 11.0. The highest BCUT2D eigenvalue weighted by atomic mass is 16.2. The first-order valence-corrected chi connectivity index (χ1v) is 11.0. The van der Waals surface area contributed by atoms with Gasteiger partial charge < -0.3 is 10.2 Å². The Bertz CT molecular complexity index is 1310. The summed E-state index contributed by atoms with van der Waals surface area (Å²) in [7, 11) is 1.87. The van der Waals surface area contributed by atoms with Crippen LogP contribution in [0.3, 0.4) is 0 Å². The van der Waals surface area contributed by atoms with Gasteiger partial charge in [0.1, 0.15) is 5.82 Å². The number of hydrogen-bond acceptors (Lipinski definition) is 5. The lowest BCUT2D eigenvalue weighted by Gasteiger charge is -2.31. The van der Waals surface area contributed by atoms with E-state index in [1.807, 2.05) is 60.6 Å². The average molecular weight is 441 g/mol. The van der Waals surface area contributed by atoms with Gasteiger partial charge in [-0.2, -0.15) is 5.10 Å². The number of benzene rings is 1. The van der Waals surface area contributed by atoms with Crippen molar-refractivity contribution in [3.05, 3.63) is 72.7 Å². The third-order valence-electron chi connectivity index (χ3n) is 6.00. The molecule has 0 atom stereocenters. The molecule has 166 valence electrons. The van der Waals surface area contributed by atoms with Gasteiger partial charge in [0.2, 0.25) is 5.91 Å². The Morgan fingerprint density at radius 3 is 2.55 bits per heavy atom. The van der Waals surface area contributed by atoms with Gasteiger partial charge in [0.05, 0.1) is 17.4 Å². The fourth-order valence-electron chi connectivity index (χ4n) is 4.14. The summed E-state index contributed by atoms with van der Waals surface area (Å²) >= 11 is 0. The zero-order chi connectivity index (χ0) is 22.8. The summed E-state index contributed by atoms with van der Waals surface area (Å²) in [5.41, 5.74) is 3.18. The standard InChI is InChI=1S/C25H24N6O2/c1-30-16-20(15-27-30)21-8-7-19-14-26-23(13-22(19)28-21)29-24(32)17-9-11-31(12-10-17)25(33)18-5-3-2-4-6-18/h2-8,13-17H,9-12H2,1H3,(H,26,29,32). The van der Waals surface area contributed by atoms with Gasteiger partial charge in [0.25, 0.3) is 5.91 Å². The van der Waals surface area contributed by atoms with E-state index < -0.39 is 0 Å². The maximum absolute atomic E-state index is 12.9. The van der Waals surface area contributed by atoms with Crippen LogP contribution in [0.25, 0.3) is 22.2 Å². The zero-order valence-corrected chi connectivity index (χ0v) is 18.3. The second-order valence-electron chi connectivity index (χ2n) is 8.28. The number of hydrogen-bond donors (Lipinski definition) is 1. The van der Waals surface area contributed by atoms with E-state index in [9.17, 15) is 9.59 Å². The van der Waals surface area contributed by atoms with Crippen LogP contribution in [0.5, 0.6) is 0 Å². The Morgan fingerprint density at radius 2 is 1.82 bits per heavy atom. The summed E-state index contributed by atoms with van der Waals surface area (Å²) in [6.07, 6.45) is 6.65. The zero-order valence-electron chi connectivity index (χ0n) is 18.3. The molecule has 1 aromatic carbocycles.